The third-order valence-corrected chi connectivity index (χ3v) is 4.50. The zero-order valence-electron chi connectivity index (χ0n) is 15.2. The highest BCUT2D eigenvalue weighted by Gasteiger charge is 2.08. The van der Waals surface area contributed by atoms with Gasteiger partial charge in [0.1, 0.15) is 0 Å². The lowest BCUT2D eigenvalue weighted by atomic mass is 10.1. The van der Waals surface area contributed by atoms with Crippen LogP contribution in [0, 0.1) is 0 Å². The number of aromatic carboxylic acids is 1. The quantitative estimate of drug-likeness (QED) is 0.521. The van der Waals surface area contributed by atoms with Gasteiger partial charge in [0.25, 0.3) is 0 Å². The molecule has 0 bridgehead atoms. The molecule has 0 spiro atoms. The predicted octanol–water partition coefficient (Wildman–Crippen LogP) is 3.28. The van der Waals surface area contributed by atoms with Gasteiger partial charge in [-0.05, 0) is 55.3 Å². The Kier molecular flexibility index (Phi) is 7.49. The van der Waals surface area contributed by atoms with Gasteiger partial charge in [-0.1, -0.05) is 6.08 Å². The van der Waals surface area contributed by atoms with Crippen molar-refractivity contribution in [2.75, 3.05) is 19.5 Å². The van der Waals surface area contributed by atoms with Crippen molar-refractivity contribution in [3.63, 3.8) is 0 Å². The van der Waals surface area contributed by atoms with Gasteiger partial charge in [-0.3, -0.25) is 4.79 Å². The molecule has 7 heteroatoms. The van der Waals surface area contributed by atoms with Crippen LogP contribution in [0.2, 0.25) is 0 Å². The Labute approximate surface area is 163 Å². The summed E-state index contributed by atoms with van der Waals surface area (Å²) in [6.45, 7) is 0.759. The molecular weight excluding hydrogens is 366 g/mol. The van der Waals surface area contributed by atoms with E-state index in [1.165, 1.54) is 0 Å². The topological polar surface area (TPSA) is 99.4 Å². The molecule has 1 aromatic carbocycles. The SMILES string of the molecule is CN1C=CC(C(N)=O)=CC1.O=C(O)c1ccc2[nH]cc(CCCCCl)c2c1. The number of unbranched alkanes of at least 4 members (excludes halogenated alkanes) is 1. The Morgan fingerprint density at radius 1 is 1.33 bits per heavy atom. The van der Waals surface area contributed by atoms with Crippen LogP contribution in [0.3, 0.4) is 0 Å². The van der Waals surface area contributed by atoms with E-state index >= 15 is 0 Å². The molecule has 0 aliphatic carbocycles. The maximum absolute atomic E-state index is 10.9. The molecule has 0 atom stereocenters. The molecule has 27 heavy (non-hydrogen) atoms. The number of nitrogens with zero attached hydrogens (tertiary/aromatic N) is 1. The molecule has 6 nitrogen and oxygen atoms in total. The third-order valence-electron chi connectivity index (χ3n) is 4.24. The van der Waals surface area contributed by atoms with E-state index in [1.54, 1.807) is 18.2 Å². The minimum Gasteiger partial charge on any atom is -0.478 e. The highest BCUT2D eigenvalue weighted by Crippen LogP contribution is 2.21. The molecule has 2 heterocycles. The van der Waals surface area contributed by atoms with Gasteiger partial charge in [0.2, 0.25) is 5.91 Å². The van der Waals surface area contributed by atoms with Crippen molar-refractivity contribution in [3.05, 3.63) is 59.4 Å². The van der Waals surface area contributed by atoms with Gasteiger partial charge in [-0.25, -0.2) is 4.79 Å². The summed E-state index contributed by atoms with van der Waals surface area (Å²) in [7, 11) is 1.94. The van der Waals surface area contributed by atoms with Crippen LogP contribution in [0.4, 0.5) is 0 Å². The molecule has 1 aliphatic heterocycles. The van der Waals surface area contributed by atoms with Gasteiger partial charge in [0, 0.05) is 42.1 Å². The standard InChI is InChI=1S/C13H14ClNO2.C7H10N2O/c14-6-2-1-3-10-8-15-12-5-4-9(13(16)17)7-11(10)12;1-9-4-2-6(3-5-9)7(8)10/h4-5,7-8,15H,1-3,6H2,(H,16,17);2-4H,5H2,1H3,(H2,8,10). The van der Waals surface area contributed by atoms with Crippen LogP contribution in [0.5, 0.6) is 0 Å². The Bertz CT molecular complexity index is 870. The minimum absolute atomic E-state index is 0.329. The number of carbonyl (C=O) groups excluding carboxylic acids is 1. The first-order chi connectivity index (χ1) is 12.9. The lowest BCUT2D eigenvalue weighted by Gasteiger charge is -2.15. The number of amides is 1. The third kappa shape index (κ3) is 5.89. The van der Waals surface area contributed by atoms with Crippen molar-refractivity contribution < 1.29 is 14.7 Å². The van der Waals surface area contributed by atoms with E-state index in [4.69, 9.17) is 22.4 Å². The highest BCUT2D eigenvalue weighted by molar-refractivity contribution is 6.17. The van der Waals surface area contributed by atoms with E-state index < -0.39 is 5.97 Å². The zero-order chi connectivity index (χ0) is 19.8. The lowest BCUT2D eigenvalue weighted by Crippen LogP contribution is -2.20. The molecule has 144 valence electrons. The van der Waals surface area contributed by atoms with Crippen molar-refractivity contribution in [2.24, 2.45) is 5.73 Å². The van der Waals surface area contributed by atoms with Gasteiger partial charge >= 0.3 is 5.97 Å². The Morgan fingerprint density at radius 3 is 2.70 bits per heavy atom. The first kappa shape index (κ1) is 20.6. The van der Waals surface area contributed by atoms with Gasteiger partial charge < -0.3 is 20.7 Å². The van der Waals surface area contributed by atoms with E-state index in [0.717, 1.165) is 42.3 Å². The first-order valence-corrected chi connectivity index (χ1v) is 9.23. The number of hydrogen-bond donors (Lipinski definition) is 3. The largest absolute Gasteiger partial charge is 0.478 e. The monoisotopic (exact) mass is 389 g/mol. The molecular formula is C20H24ClN3O3. The second-order valence-corrected chi connectivity index (χ2v) is 6.68. The fourth-order valence-electron chi connectivity index (χ4n) is 2.69. The number of carboxylic acids is 1. The number of nitrogens with two attached hydrogens (primary N) is 1. The van der Waals surface area contributed by atoms with Crippen LogP contribution >= 0.6 is 11.6 Å². The number of H-pyrrole nitrogens is 1. The summed E-state index contributed by atoms with van der Waals surface area (Å²) < 4.78 is 0. The molecule has 0 fully saturated rings. The number of aryl methyl sites for hydroxylation is 1. The van der Waals surface area contributed by atoms with Crippen molar-refractivity contribution in [2.45, 2.75) is 19.3 Å². The molecule has 0 radical (unpaired) electrons. The number of likely N-dealkylation sites (N-methyl/N-ethyl adjacent to an activating group) is 1. The summed E-state index contributed by atoms with van der Waals surface area (Å²) in [5.41, 5.74) is 8.10. The summed E-state index contributed by atoms with van der Waals surface area (Å²) in [6, 6.07) is 5.15. The zero-order valence-corrected chi connectivity index (χ0v) is 16.0. The Morgan fingerprint density at radius 2 is 2.11 bits per heavy atom. The maximum atomic E-state index is 10.9. The smallest absolute Gasteiger partial charge is 0.335 e. The normalized spacial score (nSPS) is 13.1. The van der Waals surface area contributed by atoms with E-state index in [-0.39, 0.29) is 5.91 Å². The molecule has 1 aliphatic rings. The maximum Gasteiger partial charge on any atom is 0.335 e. The number of primary amides is 1. The first-order valence-electron chi connectivity index (χ1n) is 8.70. The average molecular weight is 390 g/mol. The number of nitrogens with one attached hydrogen (secondary N) is 1. The Balaban J connectivity index is 0.000000223. The molecule has 0 saturated carbocycles. The minimum atomic E-state index is -0.889. The number of hydrogen-bond acceptors (Lipinski definition) is 3. The molecule has 3 rings (SSSR count). The summed E-state index contributed by atoms with van der Waals surface area (Å²) in [5.74, 6) is -0.577. The van der Waals surface area contributed by atoms with Crippen LogP contribution in [-0.2, 0) is 11.2 Å². The lowest BCUT2D eigenvalue weighted by molar-refractivity contribution is -0.114. The fraction of sp³-hybridized carbons (Fsp3) is 0.300. The Hall–Kier alpha value is -2.73. The second-order valence-electron chi connectivity index (χ2n) is 6.30. The van der Waals surface area contributed by atoms with E-state index in [0.29, 0.717) is 17.0 Å². The molecule has 1 amide bonds. The summed E-state index contributed by atoms with van der Waals surface area (Å²) in [6.07, 6.45) is 10.2. The molecule has 0 unspecified atom stereocenters. The summed E-state index contributed by atoms with van der Waals surface area (Å²) in [4.78, 5) is 26.6. The van der Waals surface area contributed by atoms with Gasteiger partial charge in [0.05, 0.1) is 5.56 Å². The fourth-order valence-corrected chi connectivity index (χ4v) is 2.88. The van der Waals surface area contributed by atoms with E-state index in [9.17, 15) is 9.59 Å². The number of benzene rings is 1. The van der Waals surface area contributed by atoms with Crippen molar-refractivity contribution in [1.29, 1.82) is 0 Å². The van der Waals surface area contributed by atoms with E-state index in [2.05, 4.69) is 4.98 Å². The van der Waals surface area contributed by atoms with Crippen molar-refractivity contribution >= 4 is 34.4 Å². The number of rotatable bonds is 6. The van der Waals surface area contributed by atoms with Crippen LogP contribution in [0.15, 0.2) is 48.3 Å². The van der Waals surface area contributed by atoms with Crippen molar-refractivity contribution in [1.82, 2.24) is 9.88 Å². The van der Waals surface area contributed by atoms with E-state index in [1.807, 2.05) is 36.5 Å². The second kappa shape index (κ2) is 9.83. The van der Waals surface area contributed by atoms with Crippen LogP contribution in [0.1, 0.15) is 28.8 Å². The number of fused-ring (bicyclic) bond motifs is 1. The number of carbonyl (C=O) groups is 2. The number of aromatic amines is 1. The summed E-state index contributed by atoms with van der Waals surface area (Å²) in [5, 5.41) is 9.96. The van der Waals surface area contributed by atoms with Crippen LogP contribution in [0.25, 0.3) is 10.9 Å². The molecule has 1 aromatic heterocycles. The van der Waals surface area contributed by atoms with Gasteiger partial charge in [-0.15, -0.1) is 11.6 Å². The molecule has 2 aromatic rings. The number of halogens is 1. The van der Waals surface area contributed by atoms with Crippen LogP contribution < -0.4 is 5.73 Å². The predicted molar refractivity (Wildman–Crippen MR) is 108 cm³/mol. The van der Waals surface area contributed by atoms with Crippen LogP contribution in [-0.4, -0.2) is 46.3 Å². The average Bonchev–Trinajstić information content (AvgIpc) is 3.05. The highest BCUT2D eigenvalue weighted by atomic mass is 35.5. The molecule has 0 saturated heterocycles. The number of carboxylic acid groups (broad SMARTS) is 1. The summed E-state index contributed by atoms with van der Waals surface area (Å²) >= 11 is 5.64. The van der Waals surface area contributed by atoms with Crippen molar-refractivity contribution in [3.8, 4) is 0 Å². The van der Waals surface area contributed by atoms with Gasteiger partial charge in [-0.2, -0.15) is 0 Å². The number of aromatic nitrogens is 1. The molecule has 4 N–H and O–H groups in total. The van der Waals surface area contributed by atoms with Gasteiger partial charge in [0.15, 0.2) is 0 Å². The number of alkyl halides is 1.